The highest BCUT2D eigenvalue weighted by Crippen LogP contribution is 2.22. The van der Waals surface area contributed by atoms with E-state index < -0.39 is 0 Å². The van der Waals surface area contributed by atoms with E-state index in [1.165, 1.54) is 49.2 Å². The lowest BCUT2D eigenvalue weighted by atomic mass is 10.1. The number of anilines is 2. The van der Waals surface area contributed by atoms with Gasteiger partial charge in [0.05, 0.1) is 13.1 Å². The van der Waals surface area contributed by atoms with Crippen molar-refractivity contribution in [1.82, 2.24) is 4.98 Å². The van der Waals surface area contributed by atoms with E-state index in [2.05, 4.69) is 42.7 Å². The summed E-state index contributed by atoms with van der Waals surface area (Å²) in [6.45, 7) is 7.97. The molecule has 21 heavy (non-hydrogen) atoms. The van der Waals surface area contributed by atoms with Crippen LogP contribution in [0.2, 0.25) is 0 Å². The van der Waals surface area contributed by atoms with Gasteiger partial charge < -0.3 is 10.2 Å². The summed E-state index contributed by atoms with van der Waals surface area (Å²) in [5.41, 5.74) is 5.00. The summed E-state index contributed by atoms with van der Waals surface area (Å²) in [5, 5.41) is 6.63. The summed E-state index contributed by atoms with van der Waals surface area (Å²) >= 11 is 1.71. The van der Waals surface area contributed by atoms with E-state index in [-0.39, 0.29) is 0 Å². The lowest BCUT2D eigenvalue weighted by molar-refractivity contribution is -0.918. The Morgan fingerprint density at radius 1 is 1.14 bits per heavy atom. The topological polar surface area (TPSA) is 29.4 Å². The van der Waals surface area contributed by atoms with Crippen molar-refractivity contribution >= 4 is 22.2 Å². The fourth-order valence-electron chi connectivity index (χ4n) is 2.87. The predicted molar refractivity (Wildman–Crippen MR) is 89.6 cm³/mol. The summed E-state index contributed by atoms with van der Waals surface area (Å²) in [5.74, 6) is 0. The highest BCUT2D eigenvalue weighted by Gasteiger charge is 2.15. The first-order valence-electron chi connectivity index (χ1n) is 7.83. The Bertz CT molecular complexity index is 600. The zero-order valence-electron chi connectivity index (χ0n) is 12.9. The van der Waals surface area contributed by atoms with Gasteiger partial charge >= 0.3 is 0 Å². The van der Waals surface area contributed by atoms with Crippen LogP contribution in [0, 0.1) is 13.8 Å². The van der Waals surface area contributed by atoms with Gasteiger partial charge in [0.15, 0.2) is 5.13 Å². The molecule has 0 radical (unpaired) electrons. The van der Waals surface area contributed by atoms with Crippen molar-refractivity contribution in [2.45, 2.75) is 39.7 Å². The summed E-state index contributed by atoms with van der Waals surface area (Å²) < 4.78 is 0. The molecule has 1 aliphatic heterocycles. The molecule has 3 nitrogen and oxygen atoms in total. The highest BCUT2D eigenvalue weighted by molar-refractivity contribution is 7.13. The quantitative estimate of drug-likeness (QED) is 0.909. The molecule has 0 amide bonds. The van der Waals surface area contributed by atoms with Gasteiger partial charge in [-0.1, -0.05) is 6.07 Å². The zero-order valence-corrected chi connectivity index (χ0v) is 13.7. The first-order valence-corrected chi connectivity index (χ1v) is 8.71. The van der Waals surface area contributed by atoms with Crippen LogP contribution >= 0.6 is 11.3 Å². The third-order valence-corrected chi connectivity index (χ3v) is 5.11. The summed E-state index contributed by atoms with van der Waals surface area (Å²) in [6, 6.07) is 6.47. The summed E-state index contributed by atoms with van der Waals surface area (Å²) in [6.07, 6.45) is 4.14. The normalized spacial score (nSPS) is 16.1. The van der Waals surface area contributed by atoms with Crippen LogP contribution in [0.3, 0.4) is 0 Å². The fourth-order valence-corrected chi connectivity index (χ4v) is 3.60. The van der Waals surface area contributed by atoms with E-state index in [1.54, 1.807) is 16.2 Å². The first kappa shape index (κ1) is 14.5. The molecular weight excluding hydrogens is 278 g/mol. The molecule has 0 unspecified atom stereocenters. The molecule has 2 heterocycles. The number of hydrogen-bond donors (Lipinski definition) is 2. The Hall–Kier alpha value is -1.39. The SMILES string of the molecule is Cc1ccc(Nc2nc(C[NH+]3CCCCC3)cs2)cc1C. The van der Waals surface area contributed by atoms with Crippen LogP contribution < -0.4 is 10.2 Å². The van der Waals surface area contributed by atoms with Crippen LogP contribution in [-0.4, -0.2) is 18.1 Å². The maximum atomic E-state index is 4.74. The molecule has 0 atom stereocenters. The molecule has 1 saturated heterocycles. The molecule has 1 fully saturated rings. The Morgan fingerprint density at radius 2 is 1.95 bits per heavy atom. The Balaban J connectivity index is 1.62. The number of rotatable bonds is 4. The van der Waals surface area contributed by atoms with E-state index in [0.717, 1.165) is 17.4 Å². The molecule has 0 saturated carbocycles. The van der Waals surface area contributed by atoms with Gasteiger partial charge in [0.1, 0.15) is 12.2 Å². The second-order valence-corrected chi connectivity index (χ2v) is 6.91. The monoisotopic (exact) mass is 302 g/mol. The first-order chi connectivity index (χ1) is 10.2. The Morgan fingerprint density at radius 3 is 2.71 bits per heavy atom. The standard InChI is InChI=1S/C17H23N3S/c1-13-6-7-15(10-14(13)2)18-17-19-16(12-21-17)11-20-8-4-3-5-9-20/h6-7,10,12H,3-5,8-9,11H2,1-2H3,(H,18,19)/p+1. The minimum absolute atomic E-state index is 1.00. The third kappa shape index (κ3) is 3.83. The number of nitrogens with zero attached hydrogens (tertiary/aromatic N) is 1. The summed E-state index contributed by atoms with van der Waals surface area (Å²) in [4.78, 5) is 6.42. The van der Waals surface area contributed by atoms with E-state index in [9.17, 15) is 0 Å². The number of benzene rings is 1. The second-order valence-electron chi connectivity index (χ2n) is 6.06. The van der Waals surface area contributed by atoms with Gasteiger partial charge in [0.25, 0.3) is 0 Å². The molecule has 0 aliphatic carbocycles. The molecule has 1 aromatic heterocycles. The van der Waals surface area contributed by atoms with E-state index >= 15 is 0 Å². The fraction of sp³-hybridized carbons (Fsp3) is 0.471. The highest BCUT2D eigenvalue weighted by atomic mass is 32.1. The van der Waals surface area contributed by atoms with Crippen molar-refractivity contribution in [1.29, 1.82) is 0 Å². The van der Waals surface area contributed by atoms with Crippen LogP contribution in [0.5, 0.6) is 0 Å². The van der Waals surface area contributed by atoms with Crippen LogP contribution in [0.4, 0.5) is 10.8 Å². The average molecular weight is 302 g/mol. The number of likely N-dealkylation sites (tertiary alicyclic amines) is 1. The lowest BCUT2D eigenvalue weighted by Crippen LogP contribution is -3.11. The number of thiazole rings is 1. The van der Waals surface area contributed by atoms with Crippen LogP contribution in [0.15, 0.2) is 23.6 Å². The van der Waals surface area contributed by atoms with Crippen molar-refractivity contribution in [3.63, 3.8) is 0 Å². The number of aryl methyl sites for hydroxylation is 2. The van der Waals surface area contributed by atoms with Gasteiger partial charge in [-0.25, -0.2) is 4.98 Å². The second kappa shape index (κ2) is 6.58. The minimum atomic E-state index is 1.00. The molecule has 4 heteroatoms. The van der Waals surface area contributed by atoms with Crippen LogP contribution in [0.25, 0.3) is 0 Å². The predicted octanol–water partition coefficient (Wildman–Crippen LogP) is 3.07. The number of nitrogens with one attached hydrogen (secondary N) is 2. The van der Waals surface area contributed by atoms with Gasteiger partial charge in [-0.05, 0) is 56.4 Å². The van der Waals surface area contributed by atoms with Gasteiger partial charge in [0.2, 0.25) is 0 Å². The molecule has 0 spiro atoms. The number of aromatic nitrogens is 1. The van der Waals surface area contributed by atoms with Gasteiger partial charge in [-0.3, -0.25) is 0 Å². The molecule has 0 bridgehead atoms. The van der Waals surface area contributed by atoms with Crippen molar-refractivity contribution in [2.75, 3.05) is 18.4 Å². The molecule has 2 aromatic rings. The van der Waals surface area contributed by atoms with E-state index in [1.807, 2.05) is 0 Å². The number of quaternary nitrogens is 1. The molecule has 1 aromatic carbocycles. The molecule has 2 N–H and O–H groups in total. The van der Waals surface area contributed by atoms with Crippen LogP contribution in [-0.2, 0) is 6.54 Å². The Labute approximate surface area is 131 Å². The smallest absolute Gasteiger partial charge is 0.187 e. The molecule has 1 aliphatic rings. The van der Waals surface area contributed by atoms with Gasteiger partial charge in [0, 0.05) is 11.1 Å². The van der Waals surface area contributed by atoms with Gasteiger partial charge in [-0.15, -0.1) is 11.3 Å². The zero-order chi connectivity index (χ0) is 14.7. The van der Waals surface area contributed by atoms with Crippen LogP contribution in [0.1, 0.15) is 36.1 Å². The lowest BCUT2D eigenvalue weighted by Gasteiger charge is -2.22. The van der Waals surface area contributed by atoms with Crippen molar-refractivity contribution in [2.24, 2.45) is 0 Å². The minimum Gasteiger partial charge on any atom is -0.332 e. The largest absolute Gasteiger partial charge is 0.332 e. The average Bonchev–Trinajstić information content (AvgIpc) is 2.91. The Kier molecular flexibility index (Phi) is 4.56. The molecule has 112 valence electrons. The van der Waals surface area contributed by atoms with E-state index in [4.69, 9.17) is 4.98 Å². The maximum absolute atomic E-state index is 4.74. The van der Waals surface area contributed by atoms with Crippen molar-refractivity contribution in [3.05, 3.63) is 40.4 Å². The maximum Gasteiger partial charge on any atom is 0.187 e. The van der Waals surface area contributed by atoms with Crippen molar-refractivity contribution in [3.8, 4) is 0 Å². The van der Waals surface area contributed by atoms with Gasteiger partial charge in [-0.2, -0.15) is 0 Å². The van der Waals surface area contributed by atoms with E-state index in [0.29, 0.717) is 0 Å². The summed E-state index contributed by atoms with van der Waals surface area (Å²) in [7, 11) is 0. The number of piperidine rings is 1. The van der Waals surface area contributed by atoms with Crippen molar-refractivity contribution < 1.29 is 4.90 Å². The molecular formula is C17H24N3S+. The molecule has 3 rings (SSSR count). The number of hydrogen-bond acceptors (Lipinski definition) is 3. The third-order valence-electron chi connectivity index (χ3n) is 4.30.